The molecule has 2 heterocycles. The van der Waals surface area contributed by atoms with E-state index >= 15 is 0 Å². The van der Waals surface area contributed by atoms with Crippen molar-refractivity contribution in [3.63, 3.8) is 0 Å². The number of benzene rings is 1. The number of methoxy groups -OCH3 is 1. The lowest BCUT2D eigenvalue weighted by Crippen LogP contribution is -2.49. The highest BCUT2D eigenvalue weighted by Gasteiger charge is 2.21. The van der Waals surface area contributed by atoms with Crippen LogP contribution < -0.4 is 4.90 Å². The zero-order chi connectivity index (χ0) is 20.5. The lowest BCUT2D eigenvalue weighted by Gasteiger charge is -2.34. The fourth-order valence-corrected chi connectivity index (χ4v) is 4.17. The number of anilines is 1. The molecule has 1 fully saturated rings. The Hall–Kier alpha value is -2.03. The summed E-state index contributed by atoms with van der Waals surface area (Å²) in [6, 6.07) is 10.2. The van der Waals surface area contributed by atoms with Crippen LogP contribution in [0.4, 0.5) is 5.13 Å². The second-order valence-electron chi connectivity index (χ2n) is 7.20. The van der Waals surface area contributed by atoms with Gasteiger partial charge in [-0.25, -0.2) is 4.98 Å². The average Bonchev–Trinajstić information content (AvgIpc) is 3.22. The molecule has 1 saturated heterocycles. The predicted octanol–water partition coefficient (Wildman–Crippen LogP) is 2.14. The maximum absolute atomic E-state index is 12.7. The number of piperazine rings is 1. The van der Waals surface area contributed by atoms with Crippen molar-refractivity contribution in [2.45, 2.75) is 19.8 Å². The third-order valence-electron chi connectivity index (χ3n) is 5.27. The highest BCUT2D eigenvalue weighted by Crippen LogP contribution is 2.19. The number of ether oxygens (including phenoxy) is 1. The highest BCUT2D eigenvalue weighted by molar-refractivity contribution is 7.09. The average molecular weight is 418 g/mol. The first-order chi connectivity index (χ1) is 14.2. The highest BCUT2D eigenvalue weighted by atomic mass is 32.1. The van der Waals surface area contributed by atoms with Crippen molar-refractivity contribution in [1.29, 1.82) is 0 Å². The van der Waals surface area contributed by atoms with Crippen LogP contribution in [0.1, 0.15) is 24.7 Å². The van der Waals surface area contributed by atoms with Crippen LogP contribution in [0, 0.1) is 0 Å². The van der Waals surface area contributed by atoms with Crippen molar-refractivity contribution < 1.29 is 9.53 Å². The van der Waals surface area contributed by atoms with Gasteiger partial charge in [0.1, 0.15) is 5.82 Å². The summed E-state index contributed by atoms with van der Waals surface area (Å²) in [4.78, 5) is 23.9. The minimum absolute atomic E-state index is 0.220. The molecule has 0 atom stereocenters. The van der Waals surface area contributed by atoms with E-state index < -0.39 is 0 Å². The van der Waals surface area contributed by atoms with E-state index in [9.17, 15) is 4.79 Å². The number of carbonyl (C=O) groups is 1. The van der Waals surface area contributed by atoms with Crippen molar-refractivity contribution in [3.8, 4) is 0 Å². The summed E-state index contributed by atoms with van der Waals surface area (Å²) in [5, 5.41) is 0.858. The van der Waals surface area contributed by atoms with Gasteiger partial charge < -0.3 is 19.4 Å². The van der Waals surface area contributed by atoms with Crippen LogP contribution in [-0.4, -0.2) is 84.6 Å². The molecule has 3 rings (SSSR count). The van der Waals surface area contributed by atoms with Crippen molar-refractivity contribution in [2.24, 2.45) is 0 Å². The minimum Gasteiger partial charge on any atom is -0.383 e. The second kappa shape index (κ2) is 11.2. The molecule has 0 N–H and O–H groups in total. The number of aromatic nitrogens is 2. The van der Waals surface area contributed by atoms with Gasteiger partial charge in [-0.3, -0.25) is 4.79 Å². The molecular weight excluding hydrogens is 386 g/mol. The Balaban J connectivity index is 1.56. The van der Waals surface area contributed by atoms with E-state index in [1.807, 2.05) is 23.1 Å². The summed E-state index contributed by atoms with van der Waals surface area (Å²) in [6.07, 6.45) is 1.21. The number of amides is 1. The Kier molecular flexibility index (Phi) is 8.39. The van der Waals surface area contributed by atoms with Gasteiger partial charge in [-0.2, -0.15) is 4.37 Å². The largest absolute Gasteiger partial charge is 0.383 e. The molecule has 0 bridgehead atoms. The fraction of sp³-hybridized carbons (Fsp3) is 0.571. The number of hydrogen-bond donors (Lipinski definition) is 0. The van der Waals surface area contributed by atoms with Gasteiger partial charge in [0.15, 0.2) is 0 Å². The zero-order valence-corrected chi connectivity index (χ0v) is 18.2. The van der Waals surface area contributed by atoms with E-state index in [1.54, 1.807) is 7.11 Å². The first kappa shape index (κ1) is 21.7. The summed E-state index contributed by atoms with van der Waals surface area (Å²) in [6.45, 7) is 8.73. The number of rotatable bonds is 10. The van der Waals surface area contributed by atoms with Crippen molar-refractivity contribution in [2.75, 3.05) is 64.4 Å². The molecule has 1 amide bonds. The Bertz CT molecular complexity index is 747. The first-order valence-corrected chi connectivity index (χ1v) is 11.1. The Labute approximate surface area is 177 Å². The van der Waals surface area contributed by atoms with Crippen LogP contribution in [0.5, 0.6) is 0 Å². The minimum atomic E-state index is 0.220. The molecule has 0 aliphatic carbocycles. The van der Waals surface area contributed by atoms with Gasteiger partial charge in [-0.05, 0) is 12.1 Å². The molecule has 7 nitrogen and oxygen atoms in total. The van der Waals surface area contributed by atoms with Gasteiger partial charge in [0.25, 0.3) is 0 Å². The Morgan fingerprint density at radius 2 is 1.93 bits per heavy atom. The van der Waals surface area contributed by atoms with Crippen LogP contribution in [-0.2, 0) is 16.0 Å². The number of nitrogens with zero attached hydrogens (tertiary/aromatic N) is 5. The van der Waals surface area contributed by atoms with E-state index in [1.165, 1.54) is 17.1 Å². The van der Waals surface area contributed by atoms with Gasteiger partial charge in [0.05, 0.1) is 6.61 Å². The first-order valence-electron chi connectivity index (χ1n) is 10.3. The molecule has 2 aromatic rings. The van der Waals surface area contributed by atoms with Gasteiger partial charge in [0.2, 0.25) is 11.0 Å². The van der Waals surface area contributed by atoms with Crippen LogP contribution in [0.15, 0.2) is 30.3 Å². The monoisotopic (exact) mass is 417 g/mol. The normalized spacial score (nSPS) is 14.9. The van der Waals surface area contributed by atoms with E-state index in [0.29, 0.717) is 26.1 Å². The van der Waals surface area contributed by atoms with E-state index in [0.717, 1.165) is 50.1 Å². The molecule has 8 heteroatoms. The second-order valence-corrected chi connectivity index (χ2v) is 7.93. The maximum atomic E-state index is 12.7. The van der Waals surface area contributed by atoms with Crippen LogP contribution in [0.2, 0.25) is 0 Å². The molecule has 1 aliphatic rings. The molecule has 0 radical (unpaired) electrons. The third-order valence-corrected chi connectivity index (χ3v) is 6.08. The maximum Gasteiger partial charge on any atom is 0.224 e. The molecule has 0 saturated carbocycles. The summed E-state index contributed by atoms with van der Waals surface area (Å²) in [7, 11) is 1.69. The molecule has 158 valence electrons. The van der Waals surface area contributed by atoms with Gasteiger partial charge >= 0.3 is 0 Å². The van der Waals surface area contributed by atoms with Gasteiger partial charge in [0, 0.05) is 70.8 Å². The van der Waals surface area contributed by atoms with Gasteiger partial charge in [-0.1, -0.05) is 37.3 Å². The van der Waals surface area contributed by atoms with Gasteiger partial charge in [-0.15, -0.1) is 0 Å². The smallest absolute Gasteiger partial charge is 0.224 e. The summed E-state index contributed by atoms with van der Waals surface area (Å²) >= 11 is 1.40. The fourth-order valence-electron chi connectivity index (χ4n) is 3.43. The molecule has 1 aromatic heterocycles. The van der Waals surface area contributed by atoms with E-state index in [4.69, 9.17) is 9.72 Å². The molecule has 1 aromatic carbocycles. The third kappa shape index (κ3) is 6.48. The molecule has 0 unspecified atom stereocenters. The number of likely N-dealkylation sites (N-methyl/N-ethyl adjacent to an activating group) is 1. The summed E-state index contributed by atoms with van der Waals surface area (Å²) < 4.78 is 9.78. The topological polar surface area (TPSA) is 61.8 Å². The lowest BCUT2D eigenvalue weighted by atomic mass is 10.1. The van der Waals surface area contributed by atoms with E-state index in [2.05, 4.69) is 33.2 Å². The number of hydrogen-bond acceptors (Lipinski definition) is 7. The van der Waals surface area contributed by atoms with Crippen LogP contribution in [0.3, 0.4) is 0 Å². The predicted molar refractivity (Wildman–Crippen MR) is 117 cm³/mol. The van der Waals surface area contributed by atoms with Crippen LogP contribution >= 0.6 is 11.5 Å². The molecule has 0 spiro atoms. The zero-order valence-electron chi connectivity index (χ0n) is 17.4. The van der Waals surface area contributed by atoms with Crippen molar-refractivity contribution in [1.82, 2.24) is 19.2 Å². The number of carbonyl (C=O) groups excluding carboxylic acids is 1. The quantitative estimate of drug-likeness (QED) is 0.590. The van der Waals surface area contributed by atoms with Crippen molar-refractivity contribution >= 4 is 22.6 Å². The SMILES string of the molecule is CCN1CCN(C(=O)CCN(CCOC)c2nc(Cc3ccccc3)ns2)CC1. The Morgan fingerprint density at radius 3 is 2.62 bits per heavy atom. The summed E-state index contributed by atoms with van der Waals surface area (Å²) in [5.41, 5.74) is 1.20. The summed E-state index contributed by atoms with van der Waals surface area (Å²) in [5.74, 6) is 1.04. The molecular formula is C21H31N5O2S. The Morgan fingerprint density at radius 1 is 1.17 bits per heavy atom. The van der Waals surface area contributed by atoms with Crippen molar-refractivity contribution in [3.05, 3.63) is 41.7 Å². The molecule has 1 aliphatic heterocycles. The molecule has 29 heavy (non-hydrogen) atoms. The lowest BCUT2D eigenvalue weighted by molar-refractivity contribution is -0.132. The van der Waals surface area contributed by atoms with E-state index in [-0.39, 0.29) is 5.91 Å². The standard InChI is InChI=1S/C21H31N5O2S/c1-3-24-11-13-25(14-12-24)20(27)9-10-26(15-16-28-2)21-22-19(23-29-21)17-18-7-5-4-6-8-18/h4-8H,3,9-17H2,1-2H3. The van der Waals surface area contributed by atoms with Crippen LogP contribution in [0.25, 0.3) is 0 Å².